The third-order valence-electron chi connectivity index (χ3n) is 3.08. The predicted octanol–water partition coefficient (Wildman–Crippen LogP) is 1.69. The summed E-state index contributed by atoms with van der Waals surface area (Å²) in [6, 6.07) is 8.50. The molecule has 5 heteroatoms. The smallest absolute Gasteiger partial charge is 0.413 e. The second-order valence-corrected chi connectivity index (χ2v) is 4.32. The number of methoxy groups -OCH3 is 1. The van der Waals surface area contributed by atoms with Crippen LogP contribution in [0.3, 0.4) is 0 Å². The molecule has 1 heterocycles. The second kappa shape index (κ2) is 5.08. The van der Waals surface area contributed by atoms with Gasteiger partial charge in [-0.15, -0.1) is 0 Å². The summed E-state index contributed by atoms with van der Waals surface area (Å²) in [7, 11) is 3.24. The highest BCUT2D eigenvalue weighted by atomic mass is 16.5. The number of benzene rings is 1. The zero-order valence-corrected chi connectivity index (χ0v) is 10.8. The van der Waals surface area contributed by atoms with Crippen LogP contribution in [0.25, 0.3) is 0 Å². The van der Waals surface area contributed by atoms with E-state index in [1.165, 1.54) is 18.2 Å². The molecule has 1 aliphatic heterocycles. The van der Waals surface area contributed by atoms with Gasteiger partial charge in [0.05, 0.1) is 19.7 Å². The Hall–Kier alpha value is -2.04. The van der Waals surface area contributed by atoms with E-state index >= 15 is 0 Å². The van der Waals surface area contributed by atoms with Gasteiger partial charge < -0.3 is 9.64 Å². The summed E-state index contributed by atoms with van der Waals surface area (Å²) < 4.78 is 4.56. The quantitative estimate of drug-likeness (QED) is 0.821. The molecule has 1 aliphatic rings. The van der Waals surface area contributed by atoms with Crippen molar-refractivity contribution in [2.45, 2.75) is 13.0 Å². The normalized spacial score (nSPS) is 18.5. The van der Waals surface area contributed by atoms with Crippen molar-refractivity contribution >= 4 is 12.1 Å². The van der Waals surface area contributed by atoms with Crippen LogP contribution in [-0.2, 0) is 4.74 Å². The summed E-state index contributed by atoms with van der Waals surface area (Å²) in [5.41, 5.74) is 2.42. The Labute approximate surface area is 106 Å². The number of carbonyl (C=O) groups excluding carboxylic acids is 1. The third kappa shape index (κ3) is 2.45. The lowest BCUT2D eigenvalue weighted by atomic mass is 10.1. The fourth-order valence-electron chi connectivity index (χ4n) is 1.94. The topological polar surface area (TPSA) is 53.9 Å². The molecule has 0 spiro atoms. The molecule has 1 unspecified atom stereocenters. The molecule has 0 fully saturated rings. The van der Waals surface area contributed by atoms with E-state index < -0.39 is 6.09 Å². The zero-order valence-electron chi connectivity index (χ0n) is 10.8. The molecular weight excluding hydrogens is 230 g/mol. The number of ether oxygens (including phenoxy) is 1. The Bertz CT molecular complexity index is 468. The minimum absolute atomic E-state index is 0.165. The molecule has 18 heavy (non-hydrogen) atoms. The van der Waals surface area contributed by atoms with Gasteiger partial charge in [-0.25, -0.2) is 4.79 Å². The minimum atomic E-state index is -0.495. The van der Waals surface area contributed by atoms with E-state index in [4.69, 9.17) is 0 Å². The first kappa shape index (κ1) is 12.4. The fraction of sp³-hybridized carbons (Fsp3) is 0.385. The molecule has 0 bridgehead atoms. The van der Waals surface area contributed by atoms with Crippen LogP contribution in [0, 0.1) is 6.92 Å². The number of nitrogens with one attached hydrogen (secondary N) is 1. The maximum atomic E-state index is 11.2. The summed E-state index contributed by atoms with van der Waals surface area (Å²) in [5.74, 6) is 0.549. The molecule has 0 aromatic heterocycles. The lowest BCUT2D eigenvalue weighted by molar-refractivity contribution is 0.175. The number of hydrogen-bond acceptors (Lipinski definition) is 4. The number of amides is 1. The van der Waals surface area contributed by atoms with Crippen molar-refractivity contribution in [1.29, 1.82) is 0 Å². The van der Waals surface area contributed by atoms with Crippen molar-refractivity contribution in [1.82, 2.24) is 10.2 Å². The van der Waals surface area contributed by atoms with Crippen LogP contribution < -0.4 is 5.32 Å². The first-order chi connectivity index (χ1) is 8.61. The lowest BCUT2D eigenvalue weighted by Gasteiger charge is -2.23. The minimum Gasteiger partial charge on any atom is -0.453 e. The Morgan fingerprint density at radius 1 is 1.44 bits per heavy atom. The van der Waals surface area contributed by atoms with Gasteiger partial charge in [0.15, 0.2) is 0 Å². The maximum absolute atomic E-state index is 11.2. The third-order valence-corrected chi connectivity index (χ3v) is 3.08. The zero-order chi connectivity index (χ0) is 13.1. The number of rotatable bonds is 1. The number of aliphatic imine (C=N–C) groups is 1. The van der Waals surface area contributed by atoms with Gasteiger partial charge in [-0.05, 0) is 12.5 Å². The molecule has 5 nitrogen and oxygen atoms in total. The summed E-state index contributed by atoms with van der Waals surface area (Å²) in [5, 5.41) is 2.60. The Kier molecular flexibility index (Phi) is 3.50. The van der Waals surface area contributed by atoms with E-state index in [0.29, 0.717) is 12.5 Å². The van der Waals surface area contributed by atoms with Crippen LogP contribution in [0.1, 0.15) is 17.2 Å². The van der Waals surface area contributed by atoms with Gasteiger partial charge >= 0.3 is 6.09 Å². The van der Waals surface area contributed by atoms with Crippen LogP contribution in [0.4, 0.5) is 4.79 Å². The van der Waals surface area contributed by atoms with Crippen LogP contribution >= 0.6 is 0 Å². The van der Waals surface area contributed by atoms with Crippen molar-refractivity contribution in [2.24, 2.45) is 4.99 Å². The van der Waals surface area contributed by atoms with Gasteiger partial charge in [-0.1, -0.05) is 29.8 Å². The van der Waals surface area contributed by atoms with Crippen LogP contribution in [0.2, 0.25) is 0 Å². The average molecular weight is 247 g/mol. The van der Waals surface area contributed by atoms with Gasteiger partial charge in [-0.3, -0.25) is 10.3 Å². The standard InChI is InChI=1S/C13H17N3O2/c1-9-4-6-10(7-5-9)11-8-14-12(16(11)2)15-13(17)18-3/h4-7,11H,8H2,1-3H3,(H,14,15,17). The number of nitrogens with zero attached hydrogens (tertiary/aromatic N) is 2. The molecule has 1 aromatic rings. The first-order valence-electron chi connectivity index (χ1n) is 5.80. The number of likely N-dealkylation sites (N-methyl/N-ethyl adjacent to an activating group) is 1. The number of guanidine groups is 1. The number of carbonyl (C=O) groups is 1. The first-order valence-corrected chi connectivity index (χ1v) is 5.80. The summed E-state index contributed by atoms with van der Waals surface area (Å²) in [6.45, 7) is 2.70. The van der Waals surface area contributed by atoms with Crippen molar-refractivity contribution < 1.29 is 9.53 Å². The molecular formula is C13H17N3O2. The van der Waals surface area contributed by atoms with E-state index in [1.54, 1.807) is 0 Å². The summed E-state index contributed by atoms with van der Waals surface area (Å²) in [6.07, 6.45) is -0.495. The van der Waals surface area contributed by atoms with E-state index in [-0.39, 0.29) is 6.04 Å². The van der Waals surface area contributed by atoms with Gasteiger partial charge in [0.25, 0.3) is 0 Å². The van der Waals surface area contributed by atoms with Gasteiger partial charge in [0, 0.05) is 7.05 Å². The molecule has 0 aliphatic carbocycles. The molecule has 1 amide bonds. The van der Waals surface area contributed by atoms with E-state index in [2.05, 4.69) is 46.2 Å². The lowest BCUT2D eigenvalue weighted by Crippen LogP contribution is -2.40. The van der Waals surface area contributed by atoms with Crippen LogP contribution in [0.5, 0.6) is 0 Å². The second-order valence-electron chi connectivity index (χ2n) is 4.32. The van der Waals surface area contributed by atoms with Crippen molar-refractivity contribution in [2.75, 3.05) is 20.7 Å². The van der Waals surface area contributed by atoms with Gasteiger partial charge in [0.1, 0.15) is 0 Å². The summed E-state index contributed by atoms with van der Waals surface area (Å²) in [4.78, 5) is 17.4. The van der Waals surface area contributed by atoms with Crippen LogP contribution in [-0.4, -0.2) is 37.7 Å². The highest BCUT2D eigenvalue weighted by molar-refractivity contribution is 5.94. The molecule has 96 valence electrons. The van der Waals surface area contributed by atoms with Crippen molar-refractivity contribution in [3.63, 3.8) is 0 Å². The largest absolute Gasteiger partial charge is 0.453 e. The molecule has 0 saturated heterocycles. The molecule has 0 saturated carbocycles. The molecule has 0 radical (unpaired) electrons. The van der Waals surface area contributed by atoms with Crippen molar-refractivity contribution in [3.8, 4) is 0 Å². The van der Waals surface area contributed by atoms with E-state index in [1.807, 2.05) is 11.9 Å². The molecule has 2 rings (SSSR count). The SMILES string of the molecule is COC(=O)NC1=NCC(c2ccc(C)cc2)N1C. The summed E-state index contributed by atoms with van der Waals surface area (Å²) >= 11 is 0. The highest BCUT2D eigenvalue weighted by Crippen LogP contribution is 2.24. The Morgan fingerprint density at radius 2 is 2.11 bits per heavy atom. The van der Waals surface area contributed by atoms with Crippen molar-refractivity contribution in [3.05, 3.63) is 35.4 Å². The van der Waals surface area contributed by atoms with Gasteiger partial charge in [-0.2, -0.15) is 0 Å². The Balaban J connectivity index is 2.07. The molecule has 1 atom stereocenters. The van der Waals surface area contributed by atoms with Crippen LogP contribution in [0.15, 0.2) is 29.3 Å². The number of hydrogen-bond donors (Lipinski definition) is 1. The monoisotopic (exact) mass is 247 g/mol. The average Bonchev–Trinajstić information content (AvgIpc) is 2.72. The Morgan fingerprint density at radius 3 is 2.72 bits per heavy atom. The fourth-order valence-corrected chi connectivity index (χ4v) is 1.94. The van der Waals surface area contributed by atoms with E-state index in [9.17, 15) is 4.79 Å². The van der Waals surface area contributed by atoms with Gasteiger partial charge in [0.2, 0.25) is 5.96 Å². The molecule has 1 N–H and O–H groups in total. The predicted molar refractivity (Wildman–Crippen MR) is 69.5 cm³/mol. The molecule has 1 aromatic carbocycles. The maximum Gasteiger partial charge on any atom is 0.413 e. The van der Waals surface area contributed by atoms with E-state index in [0.717, 1.165) is 0 Å². The highest BCUT2D eigenvalue weighted by Gasteiger charge is 2.26. The number of alkyl carbamates (subject to hydrolysis) is 1. The number of aryl methyl sites for hydroxylation is 1.